The summed E-state index contributed by atoms with van der Waals surface area (Å²) in [5.74, 6) is -1.13. The van der Waals surface area contributed by atoms with E-state index >= 15 is 0 Å². The van der Waals surface area contributed by atoms with E-state index in [4.69, 9.17) is 18.5 Å². The fraction of sp³-hybridized carbons (Fsp3) is 0.897. The molecule has 0 bridgehead atoms. The van der Waals surface area contributed by atoms with Crippen molar-refractivity contribution in [3.63, 3.8) is 0 Å². The molecule has 1 saturated carbocycles. The summed E-state index contributed by atoms with van der Waals surface area (Å²) in [6, 6.07) is 0. The zero-order valence-corrected chi connectivity index (χ0v) is 46.6. The molecule has 8 atom stereocenters. The van der Waals surface area contributed by atoms with Crippen molar-refractivity contribution in [1.29, 1.82) is 0 Å². The molecule has 0 radical (unpaired) electrons. The number of carbonyl (C=O) groups excluding carboxylic acids is 2. The van der Waals surface area contributed by atoms with Gasteiger partial charge in [0, 0.05) is 12.8 Å². The lowest BCUT2D eigenvalue weighted by molar-refractivity contribution is -0.220. The second-order valence-electron chi connectivity index (χ2n) is 20.8. The largest absolute Gasteiger partial charge is 0.472 e. The highest BCUT2D eigenvalue weighted by atomic mass is 31.2. The lowest BCUT2D eigenvalue weighted by Crippen LogP contribution is -2.64. The number of esters is 2. The standard InChI is InChI=1S/C58H109O13P/c1-3-5-7-9-11-13-15-17-19-21-23-25-26-27-29-30-32-34-36-38-40-42-44-46-51(59)68-48-50(49-69-72(66,67)71-58-56(64)54(62)53(61)55(63)57(58)65)70-52(60)47-45-43-41-39-37-35-33-31-28-24-22-20-18-16-14-12-10-8-6-4-2/h30,32,38,40,50,53-58,61-65H,3-29,31,33-37,39,41-49H2,1-2H3,(H,66,67)/b32-30+,40-38+/t50-,53?,54-,55?,56?,57?,58?/m0/s1. The van der Waals surface area contributed by atoms with Crippen LogP contribution >= 0.6 is 7.82 Å². The normalized spacial score (nSPS) is 20.6. The highest BCUT2D eigenvalue weighted by Gasteiger charge is 2.51. The molecule has 0 aliphatic heterocycles. The first-order chi connectivity index (χ1) is 34.9. The van der Waals surface area contributed by atoms with Crippen LogP contribution < -0.4 is 0 Å². The zero-order chi connectivity index (χ0) is 52.8. The average molecular weight is 1050 g/mol. The van der Waals surface area contributed by atoms with E-state index in [9.17, 15) is 44.6 Å². The highest BCUT2D eigenvalue weighted by molar-refractivity contribution is 7.47. The van der Waals surface area contributed by atoms with Crippen molar-refractivity contribution in [2.75, 3.05) is 13.2 Å². The van der Waals surface area contributed by atoms with Gasteiger partial charge in [0.2, 0.25) is 0 Å². The van der Waals surface area contributed by atoms with Crippen LogP contribution in [0.1, 0.15) is 277 Å². The number of rotatable bonds is 51. The molecule has 0 aromatic heterocycles. The molecule has 1 aliphatic carbocycles. The number of aliphatic hydroxyl groups excluding tert-OH is 5. The summed E-state index contributed by atoms with van der Waals surface area (Å²) in [6.07, 6.45) is 43.8. The summed E-state index contributed by atoms with van der Waals surface area (Å²) in [5, 5.41) is 50.4. The summed E-state index contributed by atoms with van der Waals surface area (Å²) in [7, 11) is -5.13. The SMILES string of the molecule is CCCCCCCCCCCCCCCC/C=C/CC/C=C/CCCC(=O)OC[C@@H](COP(=O)(O)OC1C(O)C(O)C(O)[C@H](O)C1O)OC(=O)CCCCCCCCCCCCCCCCCCCCCC. The second kappa shape index (κ2) is 47.8. The number of ether oxygens (including phenoxy) is 2. The number of aliphatic hydroxyl groups is 5. The van der Waals surface area contributed by atoms with Gasteiger partial charge in [-0.15, -0.1) is 0 Å². The number of allylic oxidation sites excluding steroid dienone is 4. The van der Waals surface area contributed by atoms with Gasteiger partial charge < -0.3 is 39.9 Å². The van der Waals surface area contributed by atoms with Crippen LogP contribution in [0, 0.1) is 0 Å². The Labute approximate surface area is 438 Å². The smallest absolute Gasteiger partial charge is 0.462 e. The van der Waals surface area contributed by atoms with Gasteiger partial charge in [0.15, 0.2) is 6.10 Å². The minimum absolute atomic E-state index is 0.0941. The van der Waals surface area contributed by atoms with Crippen LogP contribution in [0.25, 0.3) is 0 Å². The molecule has 0 saturated heterocycles. The maximum Gasteiger partial charge on any atom is 0.472 e. The zero-order valence-electron chi connectivity index (χ0n) is 45.7. The first-order valence-corrected chi connectivity index (χ1v) is 31.1. The Kier molecular flexibility index (Phi) is 45.3. The fourth-order valence-corrected chi connectivity index (χ4v) is 10.3. The quantitative estimate of drug-likeness (QED) is 0.0145. The molecule has 1 aliphatic rings. The molecule has 1 rings (SSSR count). The first kappa shape index (κ1) is 68.3. The van der Waals surface area contributed by atoms with E-state index in [1.54, 1.807) is 0 Å². The van der Waals surface area contributed by atoms with Gasteiger partial charge in [-0.2, -0.15) is 0 Å². The van der Waals surface area contributed by atoms with Crippen LogP contribution in [0.2, 0.25) is 0 Å². The van der Waals surface area contributed by atoms with Crippen molar-refractivity contribution in [3.8, 4) is 0 Å². The van der Waals surface area contributed by atoms with Crippen LogP contribution in [0.4, 0.5) is 0 Å². The van der Waals surface area contributed by atoms with E-state index in [1.165, 1.54) is 186 Å². The predicted molar refractivity (Wildman–Crippen MR) is 290 cm³/mol. The molecule has 6 N–H and O–H groups in total. The van der Waals surface area contributed by atoms with E-state index < -0.39 is 75.7 Å². The number of phosphoric acid groups is 1. The Morgan fingerprint density at radius 3 is 1.14 bits per heavy atom. The first-order valence-electron chi connectivity index (χ1n) is 29.6. The van der Waals surface area contributed by atoms with Crippen molar-refractivity contribution in [1.82, 2.24) is 0 Å². The average Bonchev–Trinajstić information content (AvgIpc) is 3.36. The number of phosphoric ester groups is 1. The van der Waals surface area contributed by atoms with Gasteiger partial charge in [-0.3, -0.25) is 18.6 Å². The molecule has 0 heterocycles. The molecule has 14 heteroatoms. The van der Waals surface area contributed by atoms with Crippen molar-refractivity contribution >= 4 is 19.8 Å². The van der Waals surface area contributed by atoms with Gasteiger partial charge in [0.1, 0.15) is 43.2 Å². The maximum atomic E-state index is 12.9. The summed E-state index contributed by atoms with van der Waals surface area (Å²) >= 11 is 0. The molecule has 424 valence electrons. The molecular weight excluding hydrogens is 936 g/mol. The fourth-order valence-electron chi connectivity index (χ4n) is 9.31. The summed E-state index contributed by atoms with van der Waals surface area (Å²) in [4.78, 5) is 36.0. The van der Waals surface area contributed by atoms with Crippen molar-refractivity contribution < 1.29 is 63.1 Å². The molecule has 6 unspecified atom stereocenters. The van der Waals surface area contributed by atoms with E-state index in [1.807, 2.05) is 6.08 Å². The van der Waals surface area contributed by atoms with Crippen LogP contribution in [-0.4, -0.2) is 98.3 Å². The molecule has 0 aromatic rings. The van der Waals surface area contributed by atoms with E-state index in [2.05, 4.69) is 32.1 Å². The molecule has 1 fully saturated rings. The van der Waals surface area contributed by atoms with E-state index in [-0.39, 0.29) is 12.8 Å². The summed E-state index contributed by atoms with van der Waals surface area (Å²) in [6.45, 7) is 3.34. The van der Waals surface area contributed by atoms with Gasteiger partial charge in [0.25, 0.3) is 0 Å². The van der Waals surface area contributed by atoms with Crippen LogP contribution in [0.5, 0.6) is 0 Å². The van der Waals surface area contributed by atoms with E-state index in [0.717, 1.165) is 44.9 Å². The Hall–Kier alpha value is -1.67. The molecule has 72 heavy (non-hydrogen) atoms. The lowest BCUT2D eigenvalue weighted by Gasteiger charge is -2.41. The van der Waals surface area contributed by atoms with Gasteiger partial charge in [-0.05, 0) is 44.9 Å². The number of hydrogen-bond donors (Lipinski definition) is 6. The van der Waals surface area contributed by atoms with Crippen molar-refractivity contribution in [2.24, 2.45) is 0 Å². The topological polar surface area (TPSA) is 210 Å². The number of hydrogen-bond acceptors (Lipinski definition) is 12. The second-order valence-corrected chi connectivity index (χ2v) is 22.3. The third-order valence-corrected chi connectivity index (χ3v) is 15.0. The molecule has 0 aromatic carbocycles. The van der Waals surface area contributed by atoms with Gasteiger partial charge >= 0.3 is 19.8 Å². The summed E-state index contributed by atoms with van der Waals surface area (Å²) < 4.78 is 33.7. The van der Waals surface area contributed by atoms with Crippen LogP contribution in [0.15, 0.2) is 24.3 Å². The number of unbranched alkanes of at least 4 members (excludes halogenated alkanes) is 35. The van der Waals surface area contributed by atoms with Gasteiger partial charge in [-0.25, -0.2) is 4.57 Å². The van der Waals surface area contributed by atoms with Crippen LogP contribution in [0.3, 0.4) is 0 Å². The Bertz CT molecular complexity index is 1350. The Morgan fingerprint density at radius 2 is 0.736 bits per heavy atom. The van der Waals surface area contributed by atoms with Crippen molar-refractivity contribution in [3.05, 3.63) is 24.3 Å². The number of carbonyl (C=O) groups is 2. The Morgan fingerprint density at radius 1 is 0.417 bits per heavy atom. The minimum atomic E-state index is -5.13. The molecule has 0 spiro atoms. The third kappa shape index (κ3) is 38.8. The maximum absolute atomic E-state index is 12.9. The predicted octanol–water partition coefficient (Wildman–Crippen LogP) is 13.9. The molecule has 13 nitrogen and oxygen atoms in total. The minimum Gasteiger partial charge on any atom is -0.462 e. The molecule has 0 amide bonds. The monoisotopic (exact) mass is 1040 g/mol. The Balaban J connectivity index is 2.34. The highest BCUT2D eigenvalue weighted by Crippen LogP contribution is 2.47. The molecular formula is C58H109O13P. The third-order valence-electron chi connectivity index (χ3n) is 14.0. The van der Waals surface area contributed by atoms with Crippen molar-refractivity contribution in [2.45, 2.75) is 320 Å². The summed E-state index contributed by atoms with van der Waals surface area (Å²) in [5.41, 5.74) is 0. The van der Waals surface area contributed by atoms with Gasteiger partial charge in [-0.1, -0.05) is 244 Å². The van der Waals surface area contributed by atoms with E-state index in [0.29, 0.717) is 19.3 Å². The van der Waals surface area contributed by atoms with Gasteiger partial charge in [0.05, 0.1) is 6.61 Å². The van der Waals surface area contributed by atoms with Crippen LogP contribution in [-0.2, 0) is 32.7 Å². The lowest BCUT2D eigenvalue weighted by atomic mass is 9.85.